The van der Waals surface area contributed by atoms with E-state index in [1.54, 1.807) is 0 Å². The molecule has 0 spiro atoms. The van der Waals surface area contributed by atoms with Gasteiger partial charge in [0.15, 0.2) is 0 Å². The molecule has 4 N–H and O–H groups in total. The Morgan fingerprint density at radius 1 is 0.667 bits per heavy atom. The molecule has 0 aliphatic heterocycles. The van der Waals surface area contributed by atoms with Crippen molar-refractivity contribution in [2.24, 2.45) is 0 Å². The third-order valence-electron chi connectivity index (χ3n) is 0. The van der Waals surface area contributed by atoms with Crippen LogP contribution < -0.4 is 0 Å². The molecule has 12 heavy (non-hydrogen) atoms. The molecule has 12 heteroatoms. The summed E-state index contributed by atoms with van der Waals surface area (Å²) in [6.07, 6.45) is 0. The maximum Gasteiger partial charge on any atom is 0.394 e. The Balaban J connectivity index is -0.0000000457. The van der Waals surface area contributed by atoms with E-state index in [1.165, 1.54) is 0 Å². The van der Waals surface area contributed by atoms with Crippen LogP contribution >= 0.6 is 0 Å². The van der Waals surface area contributed by atoms with Gasteiger partial charge in [0.1, 0.15) is 0 Å². The Labute approximate surface area is 95.5 Å². The first-order valence-electron chi connectivity index (χ1n) is 1.40. The summed E-state index contributed by atoms with van der Waals surface area (Å²) in [5, 5.41) is 0. The molecule has 8 nitrogen and oxygen atoms in total. The average molecular weight is 286 g/mol. The summed E-state index contributed by atoms with van der Waals surface area (Å²) < 4.78 is 63.2. The van der Waals surface area contributed by atoms with Gasteiger partial charge in [0.05, 0.1) is 0 Å². The van der Waals surface area contributed by atoms with Crippen LogP contribution in [0.3, 0.4) is 0 Å². The molecule has 0 heterocycles. The molecule has 0 saturated heterocycles. The fourth-order valence-corrected chi connectivity index (χ4v) is 0. The molecule has 0 fully saturated rings. The van der Waals surface area contributed by atoms with Gasteiger partial charge in [-0.3, -0.25) is 18.2 Å². The van der Waals surface area contributed by atoms with Crippen molar-refractivity contribution in [3.05, 3.63) is 0 Å². The van der Waals surface area contributed by atoms with Gasteiger partial charge in [-0.25, -0.2) is 0 Å². The first-order chi connectivity index (χ1) is 4.00. The molecule has 0 unspecified atom stereocenters. The SMILES string of the molecule is O=S(=O)(O)O.O=S(=O)(O)O.[Cu].[MgH2]. The molecular weight excluding hydrogens is 280 g/mol. The van der Waals surface area contributed by atoms with Crippen LogP contribution in [0.2, 0.25) is 0 Å². The van der Waals surface area contributed by atoms with Crippen molar-refractivity contribution >= 4 is 43.9 Å². The quantitative estimate of drug-likeness (QED) is 0.289. The zero-order valence-electron chi connectivity index (χ0n) is 4.54. The van der Waals surface area contributed by atoms with E-state index in [4.69, 9.17) is 35.0 Å². The fraction of sp³-hybridized carbons (Fsp3) is 0. The van der Waals surface area contributed by atoms with E-state index in [1.807, 2.05) is 0 Å². The van der Waals surface area contributed by atoms with E-state index in [0.717, 1.165) is 0 Å². The van der Waals surface area contributed by atoms with E-state index < -0.39 is 20.8 Å². The Morgan fingerprint density at radius 2 is 0.667 bits per heavy atom. The van der Waals surface area contributed by atoms with E-state index in [9.17, 15) is 0 Å². The molecule has 0 rings (SSSR count). The zero-order chi connectivity index (χ0) is 9.00. The van der Waals surface area contributed by atoms with Gasteiger partial charge < -0.3 is 0 Å². The van der Waals surface area contributed by atoms with Crippen LogP contribution in [0.25, 0.3) is 0 Å². The molecule has 0 amide bonds. The fourth-order valence-electron chi connectivity index (χ4n) is 0. The van der Waals surface area contributed by atoms with Crippen LogP contribution in [-0.2, 0) is 37.9 Å². The Bertz CT molecular complexity index is 213. The summed E-state index contributed by atoms with van der Waals surface area (Å²) in [5.74, 6) is 0. The van der Waals surface area contributed by atoms with E-state index in [0.29, 0.717) is 0 Å². The number of rotatable bonds is 0. The molecule has 0 aliphatic rings. The normalized spacial score (nSPS) is 9.67. The smallest absolute Gasteiger partial charge is 0.264 e. The summed E-state index contributed by atoms with van der Waals surface area (Å²) in [6.45, 7) is 0. The van der Waals surface area contributed by atoms with Crippen LogP contribution in [0.4, 0.5) is 0 Å². The minimum atomic E-state index is -4.67. The van der Waals surface area contributed by atoms with Gasteiger partial charge in [0, 0.05) is 17.1 Å². The van der Waals surface area contributed by atoms with E-state index in [2.05, 4.69) is 0 Å². The Morgan fingerprint density at radius 3 is 0.667 bits per heavy atom. The predicted molar refractivity (Wildman–Crippen MR) is 36.9 cm³/mol. The molecule has 79 valence electrons. The molecule has 0 saturated carbocycles. The monoisotopic (exact) mass is 285 g/mol. The molecular formula is H6CuMgO8S2. The van der Waals surface area contributed by atoms with Crippen molar-refractivity contribution < 1.29 is 52.1 Å². The van der Waals surface area contributed by atoms with Gasteiger partial charge >= 0.3 is 43.9 Å². The van der Waals surface area contributed by atoms with Gasteiger partial charge in [-0.1, -0.05) is 0 Å². The summed E-state index contributed by atoms with van der Waals surface area (Å²) in [7, 11) is -9.33. The van der Waals surface area contributed by atoms with Crippen molar-refractivity contribution in [3.8, 4) is 0 Å². The number of hydrogen-bond acceptors (Lipinski definition) is 4. The third kappa shape index (κ3) is 1050. The number of hydrogen-bond donors (Lipinski definition) is 4. The second-order valence-electron chi connectivity index (χ2n) is 0.896. The first-order valence-corrected chi connectivity index (χ1v) is 4.19. The molecule has 0 aromatic rings. The summed E-state index contributed by atoms with van der Waals surface area (Å²) in [5.41, 5.74) is 0. The van der Waals surface area contributed by atoms with E-state index >= 15 is 0 Å². The standard InChI is InChI=1S/Cu.Mg.2H2O4S.2H/c;;2*1-5(2,3)4;;/h;;2*(H2,1,2,3,4);;. The summed E-state index contributed by atoms with van der Waals surface area (Å²) in [6, 6.07) is 0. The van der Waals surface area contributed by atoms with Crippen LogP contribution in [-0.4, -0.2) is 58.1 Å². The maximum absolute atomic E-state index is 8.74. The first kappa shape index (κ1) is 23.1. The largest absolute Gasteiger partial charge is 0.394 e. The van der Waals surface area contributed by atoms with Gasteiger partial charge in [-0.05, 0) is 0 Å². The second kappa shape index (κ2) is 8.62. The van der Waals surface area contributed by atoms with Crippen molar-refractivity contribution in [3.63, 3.8) is 0 Å². The average Bonchev–Trinajstić information content (AvgIpc) is 1.12. The third-order valence-corrected chi connectivity index (χ3v) is 0. The minimum Gasteiger partial charge on any atom is -0.264 e. The van der Waals surface area contributed by atoms with E-state index in [-0.39, 0.29) is 40.1 Å². The van der Waals surface area contributed by atoms with Crippen LogP contribution in [0.1, 0.15) is 0 Å². The van der Waals surface area contributed by atoms with Crippen molar-refractivity contribution in [2.45, 2.75) is 0 Å². The van der Waals surface area contributed by atoms with Gasteiger partial charge in [-0.2, -0.15) is 16.8 Å². The van der Waals surface area contributed by atoms with Gasteiger partial charge in [0.2, 0.25) is 0 Å². The van der Waals surface area contributed by atoms with Gasteiger partial charge in [-0.15, -0.1) is 0 Å². The molecule has 0 aliphatic carbocycles. The molecule has 0 aromatic heterocycles. The summed E-state index contributed by atoms with van der Waals surface area (Å²) >= 11 is 0. The molecule has 0 atom stereocenters. The minimum absolute atomic E-state index is 0. The van der Waals surface area contributed by atoms with Crippen molar-refractivity contribution in [1.29, 1.82) is 0 Å². The van der Waals surface area contributed by atoms with Crippen LogP contribution in [0, 0.1) is 0 Å². The Hall–Kier alpha value is 1.03. The molecule has 0 bridgehead atoms. The molecule has 0 aromatic carbocycles. The van der Waals surface area contributed by atoms with Crippen molar-refractivity contribution in [1.82, 2.24) is 0 Å². The maximum atomic E-state index is 8.74. The topological polar surface area (TPSA) is 149 Å². The molecule has 1 radical (unpaired) electrons. The van der Waals surface area contributed by atoms with Crippen LogP contribution in [0.5, 0.6) is 0 Å². The van der Waals surface area contributed by atoms with Gasteiger partial charge in [0.25, 0.3) is 0 Å². The van der Waals surface area contributed by atoms with Crippen LogP contribution in [0.15, 0.2) is 0 Å². The second-order valence-corrected chi connectivity index (χ2v) is 2.69. The Kier molecular flexibility index (Phi) is 16.6. The predicted octanol–water partition coefficient (Wildman–Crippen LogP) is -2.22. The summed E-state index contributed by atoms with van der Waals surface area (Å²) in [4.78, 5) is 0. The zero-order valence-corrected chi connectivity index (χ0v) is 7.11. The van der Waals surface area contributed by atoms with Crippen molar-refractivity contribution in [2.75, 3.05) is 0 Å².